The Balaban J connectivity index is 1.78. The van der Waals surface area contributed by atoms with Crippen molar-refractivity contribution in [2.45, 2.75) is 70.6 Å². The van der Waals surface area contributed by atoms with E-state index in [1.54, 1.807) is 7.05 Å². The number of pyridine rings is 1. The summed E-state index contributed by atoms with van der Waals surface area (Å²) >= 11 is 0. The SMILES string of the molecule is CCN(CC1CCCCC1)c1ncc(C(F)(F)F)cc1CN(Cc1cc(C(F)(F)F)cc(C(F)(F)F)c1)C1=NN(C)N(C)N1. The van der Waals surface area contributed by atoms with Gasteiger partial charge in [0.1, 0.15) is 5.82 Å². The first-order valence-electron chi connectivity index (χ1n) is 14.1. The average molecular weight is 640 g/mol. The molecule has 0 amide bonds. The number of hydrogen-bond acceptors (Lipinski definition) is 7. The summed E-state index contributed by atoms with van der Waals surface area (Å²) in [4.78, 5) is 7.36. The van der Waals surface area contributed by atoms with Gasteiger partial charge < -0.3 is 9.80 Å². The lowest BCUT2D eigenvalue weighted by Gasteiger charge is -2.32. The average Bonchev–Trinajstić information content (AvgIpc) is 3.28. The van der Waals surface area contributed by atoms with Crippen molar-refractivity contribution in [2.75, 3.05) is 32.1 Å². The molecule has 7 nitrogen and oxygen atoms in total. The van der Waals surface area contributed by atoms with Crippen LogP contribution in [0.1, 0.15) is 66.8 Å². The summed E-state index contributed by atoms with van der Waals surface area (Å²) in [6.07, 6.45) is -8.99. The standard InChI is InChI=1S/C28H34F9N7/c1-4-43(15-18-8-6-5-7-9-18)24-20(12-23(14-38-24)28(35,36)37)17-44(25-39-41(2)42(3)40-25)16-19-10-21(26(29,30)31)13-22(11-19)27(32,33)34/h10-14,18H,4-9,15-17H2,1-3H3,(H,39,40). The first-order valence-corrected chi connectivity index (χ1v) is 14.1. The maximum Gasteiger partial charge on any atom is 0.417 e. The van der Waals surface area contributed by atoms with E-state index in [0.29, 0.717) is 31.1 Å². The lowest BCUT2D eigenvalue weighted by molar-refractivity contribution is -0.143. The predicted octanol–water partition coefficient (Wildman–Crippen LogP) is 7.11. The van der Waals surface area contributed by atoms with Crippen molar-refractivity contribution in [1.29, 1.82) is 0 Å². The van der Waals surface area contributed by atoms with Crippen LogP contribution in [-0.2, 0) is 31.6 Å². The van der Waals surface area contributed by atoms with Crippen molar-refractivity contribution in [1.82, 2.24) is 25.5 Å². The van der Waals surface area contributed by atoms with Crippen molar-refractivity contribution in [2.24, 2.45) is 11.0 Å². The highest BCUT2D eigenvalue weighted by molar-refractivity contribution is 5.80. The monoisotopic (exact) mass is 639 g/mol. The van der Waals surface area contributed by atoms with E-state index in [1.165, 1.54) is 22.2 Å². The minimum absolute atomic E-state index is 0.0136. The Morgan fingerprint density at radius 3 is 1.89 bits per heavy atom. The van der Waals surface area contributed by atoms with Crippen LogP contribution in [-0.4, -0.2) is 53.3 Å². The normalized spacial score (nSPS) is 17.1. The quantitative estimate of drug-likeness (QED) is 0.311. The van der Waals surface area contributed by atoms with Crippen LogP contribution in [0, 0.1) is 5.92 Å². The Morgan fingerprint density at radius 2 is 1.39 bits per heavy atom. The number of nitrogens with one attached hydrogen (secondary N) is 1. The number of alkyl halides is 9. The number of guanidine groups is 1. The van der Waals surface area contributed by atoms with Crippen LogP contribution >= 0.6 is 0 Å². The van der Waals surface area contributed by atoms with Gasteiger partial charge in [0.25, 0.3) is 0 Å². The number of hydrazine groups is 2. The fourth-order valence-electron chi connectivity index (χ4n) is 5.43. The highest BCUT2D eigenvalue weighted by Gasteiger charge is 2.38. The van der Waals surface area contributed by atoms with Gasteiger partial charge in [0.15, 0.2) is 0 Å². The molecule has 2 aromatic rings. The summed E-state index contributed by atoms with van der Waals surface area (Å²) in [5, 5.41) is 6.97. The van der Waals surface area contributed by atoms with E-state index in [4.69, 9.17) is 0 Å². The van der Waals surface area contributed by atoms with E-state index in [2.05, 4.69) is 15.5 Å². The van der Waals surface area contributed by atoms with E-state index in [9.17, 15) is 39.5 Å². The Hall–Kier alpha value is -3.43. The molecule has 0 unspecified atom stereocenters. The molecule has 2 heterocycles. The van der Waals surface area contributed by atoms with E-state index in [0.717, 1.165) is 44.4 Å². The third-order valence-corrected chi connectivity index (χ3v) is 7.77. The predicted molar refractivity (Wildman–Crippen MR) is 145 cm³/mol. The van der Waals surface area contributed by atoms with Crippen LogP contribution in [0.15, 0.2) is 35.6 Å². The minimum atomic E-state index is -5.07. The summed E-state index contributed by atoms with van der Waals surface area (Å²) in [5.41, 5.74) is -1.44. The van der Waals surface area contributed by atoms with Gasteiger partial charge in [0.05, 0.1) is 16.7 Å². The largest absolute Gasteiger partial charge is 0.417 e. The van der Waals surface area contributed by atoms with Crippen LogP contribution in [0.5, 0.6) is 0 Å². The number of nitrogens with zero attached hydrogens (tertiary/aromatic N) is 6. The van der Waals surface area contributed by atoms with Gasteiger partial charge in [-0.15, -0.1) is 10.2 Å². The highest BCUT2D eigenvalue weighted by Crippen LogP contribution is 2.37. The van der Waals surface area contributed by atoms with Gasteiger partial charge in [0, 0.05) is 52.0 Å². The first-order chi connectivity index (χ1) is 20.5. The molecular weight excluding hydrogens is 605 g/mol. The van der Waals surface area contributed by atoms with Gasteiger partial charge in [-0.25, -0.2) is 10.1 Å². The number of halogens is 9. The summed E-state index contributed by atoms with van der Waals surface area (Å²) in [6, 6.07) is 2.14. The van der Waals surface area contributed by atoms with Gasteiger partial charge in [-0.2, -0.15) is 39.5 Å². The third kappa shape index (κ3) is 8.18. The molecule has 0 spiro atoms. The number of aromatic nitrogens is 1. The highest BCUT2D eigenvalue weighted by atomic mass is 19.4. The molecule has 1 aromatic carbocycles. The second kappa shape index (κ2) is 12.9. The zero-order chi connectivity index (χ0) is 32.4. The zero-order valence-corrected chi connectivity index (χ0v) is 24.4. The van der Waals surface area contributed by atoms with Crippen molar-refractivity contribution in [3.8, 4) is 0 Å². The molecule has 0 saturated heterocycles. The lowest BCUT2D eigenvalue weighted by atomic mass is 9.89. The molecular formula is C28H34F9N7. The maximum atomic E-state index is 13.8. The van der Waals surface area contributed by atoms with Crippen molar-refractivity contribution >= 4 is 11.8 Å². The molecule has 1 saturated carbocycles. The fourth-order valence-corrected chi connectivity index (χ4v) is 5.43. The van der Waals surface area contributed by atoms with Crippen LogP contribution in [0.4, 0.5) is 45.3 Å². The molecule has 1 aliphatic carbocycles. The molecule has 0 radical (unpaired) electrons. The Kier molecular flexibility index (Phi) is 9.81. The van der Waals surface area contributed by atoms with Crippen molar-refractivity contribution < 1.29 is 39.5 Å². The van der Waals surface area contributed by atoms with Gasteiger partial charge in [0.2, 0.25) is 5.96 Å². The smallest absolute Gasteiger partial charge is 0.356 e. The number of hydrogen-bond donors (Lipinski definition) is 1. The van der Waals surface area contributed by atoms with Crippen LogP contribution in [0.3, 0.4) is 0 Å². The summed E-state index contributed by atoms with van der Waals surface area (Å²) in [6.45, 7) is 1.94. The second-order valence-corrected chi connectivity index (χ2v) is 11.1. The number of benzene rings is 1. The summed E-state index contributed by atoms with van der Waals surface area (Å²) in [5.74, 6) is 0.585. The summed E-state index contributed by atoms with van der Waals surface area (Å²) < 4.78 is 123. The maximum absolute atomic E-state index is 13.8. The molecule has 2 aliphatic rings. The molecule has 244 valence electrons. The van der Waals surface area contributed by atoms with Crippen molar-refractivity contribution in [3.63, 3.8) is 0 Å². The summed E-state index contributed by atoms with van der Waals surface area (Å²) in [7, 11) is 3.09. The Bertz CT molecular complexity index is 1290. The fraction of sp³-hybridized carbons (Fsp3) is 0.571. The van der Waals surface area contributed by atoms with E-state index < -0.39 is 41.8 Å². The molecule has 1 fully saturated rings. The third-order valence-electron chi connectivity index (χ3n) is 7.77. The minimum Gasteiger partial charge on any atom is -0.356 e. The molecule has 1 aromatic heterocycles. The second-order valence-electron chi connectivity index (χ2n) is 11.1. The molecule has 1 N–H and O–H groups in total. The first kappa shape index (κ1) is 33.5. The molecule has 0 atom stereocenters. The number of hydrazone groups is 1. The molecule has 0 bridgehead atoms. The topological polar surface area (TPSA) is 50.2 Å². The van der Waals surface area contributed by atoms with E-state index >= 15 is 0 Å². The van der Waals surface area contributed by atoms with E-state index in [-0.39, 0.29) is 35.5 Å². The van der Waals surface area contributed by atoms with Crippen LogP contribution in [0.2, 0.25) is 0 Å². The Labute approximate surface area is 249 Å². The number of rotatable bonds is 8. The lowest BCUT2D eigenvalue weighted by Crippen LogP contribution is -2.45. The van der Waals surface area contributed by atoms with Crippen LogP contribution in [0.25, 0.3) is 0 Å². The molecule has 16 heteroatoms. The zero-order valence-electron chi connectivity index (χ0n) is 24.4. The number of anilines is 1. The van der Waals surface area contributed by atoms with E-state index in [1.807, 2.05) is 11.8 Å². The van der Waals surface area contributed by atoms with Gasteiger partial charge in [-0.1, -0.05) is 19.3 Å². The van der Waals surface area contributed by atoms with Gasteiger partial charge in [-0.05, 0) is 55.5 Å². The Morgan fingerprint density at radius 1 is 0.795 bits per heavy atom. The van der Waals surface area contributed by atoms with Crippen molar-refractivity contribution in [3.05, 3.63) is 58.3 Å². The molecule has 44 heavy (non-hydrogen) atoms. The van der Waals surface area contributed by atoms with Gasteiger partial charge >= 0.3 is 18.5 Å². The molecule has 4 rings (SSSR count). The molecule has 1 aliphatic heterocycles. The van der Waals surface area contributed by atoms with Crippen LogP contribution < -0.4 is 10.3 Å². The van der Waals surface area contributed by atoms with Gasteiger partial charge in [-0.3, -0.25) is 5.43 Å².